The van der Waals surface area contributed by atoms with Crippen molar-refractivity contribution in [1.82, 2.24) is 19.3 Å². The molecule has 7 nitrogen and oxygen atoms in total. The molecule has 9 heteroatoms. The summed E-state index contributed by atoms with van der Waals surface area (Å²) in [6, 6.07) is 7.13. The van der Waals surface area contributed by atoms with E-state index in [1.54, 1.807) is 30.5 Å². The van der Waals surface area contributed by atoms with Crippen molar-refractivity contribution in [3.63, 3.8) is 0 Å². The van der Waals surface area contributed by atoms with Crippen LogP contribution in [0, 0.1) is 0 Å². The summed E-state index contributed by atoms with van der Waals surface area (Å²) in [5.41, 5.74) is 0.328. The van der Waals surface area contributed by atoms with Crippen molar-refractivity contribution in [2.45, 2.75) is 43.4 Å². The maximum atomic E-state index is 12.8. The highest BCUT2D eigenvalue weighted by Gasteiger charge is 2.21. The van der Waals surface area contributed by atoms with Crippen LogP contribution in [0.2, 0.25) is 5.02 Å². The number of nitrogens with one attached hydrogen (secondary N) is 1. The van der Waals surface area contributed by atoms with E-state index in [9.17, 15) is 9.59 Å². The van der Waals surface area contributed by atoms with Gasteiger partial charge in [0.05, 0.1) is 28.9 Å². The highest BCUT2D eigenvalue weighted by atomic mass is 35.5. The number of nitrogens with zero attached hydrogens (tertiary/aromatic N) is 4. The van der Waals surface area contributed by atoms with Gasteiger partial charge in [-0.3, -0.25) is 14.2 Å². The van der Waals surface area contributed by atoms with Crippen LogP contribution in [0.1, 0.15) is 31.7 Å². The summed E-state index contributed by atoms with van der Waals surface area (Å²) in [7, 11) is 0. The molecule has 1 N–H and O–H groups in total. The Bertz CT molecular complexity index is 1150. The van der Waals surface area contributed by atoms with Gasteiger partial charge in [0.2, 0.25) is 5.91 Å². The molecule has 0 bridgehead atoms. The Kier molecular flexibility index (Phi) is 6.24. The van der Waals surface area contributed by atoms with E-state index in [1.807, 2.05) is 10.7 Å². The largest absolute Gasteiger partial charge is 0.310 e. The maximum Gasteiger partial charge on any atom is 0.262 e. The van der Waals surface area contributed by atoms with Crippen LogP contribution in [0.5, 0.6) is 0 Å². The number of hydrogen-bond acceptors (Lipinski definition) is 5. The third-order valence-electron chi connectivity index (χ3n) is 5.13. The monoisotopic (exact) mass is 443 g/mol. The number of allylic oxidation sites excluding steroid dienone is 1. The zero-order valence-corrected chi connectivity index (χ0v) is 18.0. The summed E-state index contributed by atoms with van der Waals surface area (Å²) in [6.45, 7) is 4.03. The Morgan fingerprint density at radius 2 is 2.13 bits per heavy atom. The third-order valence-corrected chi connectivity index (χ3v) is 6.35. The number of hydrogen-bond donors (Lipinski definition) is 1. The van der Waals surface area contributed by atoms with Crippen molar-refractivity contribution >= 4 is 46.0 Å². The molecule has 2 aromatic heterocycles. The quantitative estimate of drug-likeness (QED) is 0.335. The highest BCUT2D eigenvalue weighted by molar-refractivity contribution is 7.99. The molecule has 1 fully saturated rings. The minimum atomic E-state index is -0.182. The predicted octanol–water partition coefficient (Wildman–Crippen LogP) is 4.28. The van der Waals surface area contributed by atoms with E-state index < -0.39 is 0 Å². The van der Waals surface area contributed by atoms with Crippen molar-refractivity contribution in [1.29, 1.82) is 0 Å². The van der Waals surface area contributed by atoms with Gasteiger partial charge in [-0.1, -0.05) is 42.3 Å². The fourth-order valence-electron chi connectivity index (χ4n) is 3.74. The number of carbonyl (C=O) groups is 1. The molecule has 1 aromatic carbocycles. The highest BCUT2D eigenvalue weighted by Crippen LogP contribution is 2.31. The second-order valence-electron chi connectivity index (χ2n) is 7.20. The lowest BCUT2D eigenvalue weighted by Gasteiger charge is -2.15. The molecule has 0 saturated heterocycles. The zero-order chi connectivity index (χ0) is 21.1. The molecule has 3 aromatic rings. The number of aromatic nitrogens is 4. The lowest BCUT2D eigenvalue weighted by Crippen LogP contribution is -2.24. The lowest BCUT2D eigenvalue weighted by molar-refractivity contribution is -0.113. The SMILES string of the molecule is C=CCn1c(SCC(=O)Nc2ccnn2C2CCCC2)nc2cc(Cl)ccc2c1=O. The average Bonchev–Trinajstić information content (AvgIpc) is 3.40. The van der Waals surface area contributed by atoms with Gasteiger partial charge in [-0.25, -0.2) is 9.67 Å². The Morgan fingerprint density at radius 1 is 1.33 bits per heavy atom. The molecule has 0 aliphatic heterocycles. The van der Waals surface area contributed by atoms with Gasteiger partial charge in [-0.2, -0.15) is 5.10 Å². The number of thioether (sulfide) groups is 1. The molecule has 4 rings (SSSR count). The Labute approximate surface area is 183 Å². The third kappa shape index (κ3) is 4.29. The summed E-state index contributed by atoms with van der Waals surface area (Å²) < 4.78 is 3.42. The molecule has 1 saturated carbocycles. The number of benzene rings is 1. The molecule has 1 amide bonds. The molecule has 0 spiro atoms. The fourth-order valence-corrected chi connectivity index (χ4v) is 4.71. The van der Waals surface area contributed by atoms with Gasteiger partial charge >= 0.3 is 0 Å². The Hall–Kier alpha value is -2.58. The fraction of sp³-hybridized carbons (Fsp3) is 0.333. The maximum absolute atomic E-state index is 12.8. The van der Waals surface area contributed by atoms with Crippen LogP contribution < -0.4 is 10.9 Å². The van der Waals surface area contributed by atoms with Crippen molar-refractivity contribution in [2.75, 3.05) is 11.1 Å². The topological polar surface area (TPSA) is 81.8 Å². The second-order valence-corrected chi connectivity index (χ2v) is 8.58. The number of halogens is 1. The minimum Gasteiger partial charge on any atom is -0.310 e. The van der Waals surface area contributed by atoms with Crippen molar-refractivity contribution in [3.8, 4) is 0 Å². The van der Waals surface area contributed by atoms with Crippen molar-refractivity contribution < 1.29 is 4.79 Å². The molecule has 0 radical (unpaired) electrons. The number of amides is 1. The van der Waals surface area contributed by atoms with Gasteiger partial charge in [-0.05, 0) is 31.0 Å². The van der Waals surface area contributed by atoms with E-state index in [4.69, 9.17) is 11.6 Å². The van der Waals surface area contributed by atoms with Crippen LogP contribution in [0.4, 0.5) is 5.82 Å². The van der Waals surface area contributed by atoms with Gasteiger partial charge in [0.1, 0.15) is 5.82 Å². The van der Waals surface area contributed by atoms with E-state index in [-0.39, 0.29) is 17.2 Å². The van der Waals surface area contributed by atoms with Crippen LogP contribution in [0.15, 0.2) is 53.1 Å². The molecule has 0 unspecified atom stereocenters. The first-order valence-corrected chi connectivity index (χ1v) is 11.2. The first-order valence-electron chi connectivity index (χ1n) is 9.84. The molecule has 156 valence electrons. The lowest BCUT2D eigenvalue weighted by atomic mass is 10.2. The molecular formula is C21H22ClN5O2S. The summed E-state index contributed by atoms with van der Waals surface area (Å²) in [5, 5.41) is 8.75. The normalized spacial score (nSPS) is 14.3. The van der Waals surface area contributed by atoms with Gasteiger partial charge in [0.25, 0.3) is 5.56 Å². The number of carbonyl (C=O) groups excluding carboxylic acids is 1. The van der Waals surface area contributed by atoms with Crippen LogP contribution in [0.25, 0.3) is 10.9 Å². The molecule has 2 heterocycles. The molecule has 30 heavy (non-hydrogen) atoms. The molecule has 1 aliphatic carbocycles. The number of rotatable bonds is 7. The molecule has 0 atom stereocenters. The summed E-state index contributed by atoms with van der Waals surface area (Å²) in [6.07, 6.45) is 7.87. The Morgan fingerprint density at radius 3 is 2.90 bits per heavy atom. The molecule has 1 aliphatic rings. The first kappa shape index (κ1) is 20.7. The van der Waals surface area contributed by atoms with E-state index in [2.05, 4.69) is 22.0 Å². The van der Waals surface area contributed by atoms with E-state index in [0.29, 0.717) is 39.5 Å². The Balaban J connectivity index is 1.52. The van der Waals surface area contributed by atoms with Crippen molar-refractivity contribution in [2.24, 2.45) is 0 Å². The van der Waals surface area contributed by atoms with Crippen molar-refractivity contribution in [3.05, 3.63) is 58.5 Å². The standard InChI is InChI=1S/C21H22ClN5O2S/c1-2-11-26-20(29)16-8-7-14(22)12-17(16)24-21(26)30-13-19(28)25-18-9-10-23-27(18)15-5-3-4-6-15/h2,7-10,12,15H,1,3-6,11,13H2,(H,25,28). The summed E-state index contributed by atoms with van der Waals surface area (Å²) in [4.78, 5) is 30.0. The van der Waals surface area contributed by atoms with Crippen LogP contribution >= 0.6 is 23.4 Å². The summed E-state index contributed by atoms with van der Waals surface area (Å²) >= 11 is 7.26. The zero-order valence-electron chi connectivity index (χ0n) is 16.4. The average molecular weight is 444 g/mol. The van der Waals surface area contributed by atoms with Gasteiger partial charge in [0, 0.05) is 17.6 Å². The van der Waals surface area contributed by atoms with Gasteiger partial charge < -0.3 is 5.32 Å². The minimum absolute atomic E-state index is 0.117. The van der Waals surface area contributed by atoms with Crippen LogP contribution in [0.3, 0.4) is 0 Å². The molecular weight excluding hydrogens is 422 g/mol. The predicted molar refractivity (Wildman–Crippen MR) is 120 cm³/mol. The second kappa shape index (κ2) is 9.06. The summed E-state index contributed by atoms with van der Waals surface area (Å²) in [5.74, 6) is 0.644. The van der Waals surface area contributed by atoms with Crippen LogP contribution in [-0.2, 0) is 11.3 Å². The van der Waals surface area contributed by atoms with E-state index >= 15 is 0 Å². The van der Waals surface area contributed by atoms with Crippen LogP contribution in [-0.4, -0.2) is 31.0 Å². The first-order chi connectivity index (χ1) is 14.6. The number of fused-ring (bicyclic) bond motifs is 1. The number of anilines is 1. The smallest absolute Gasteiger partial charge is 0.262 e. The van der Waals surface area contributed by atoms with E-state index in [0.717, 1.165) is 12.8 Å². The van der Waals surface area contributed by atoms with Gasteiger partial charge in [-0.15, -0.1) is 6.58 Å². The van der Waals surface area contributed by atoms with E-state index in [1.165, 1.54) is 29.2 Å². The van der Waals surface area contributed by atoms with Gasteiger partial charge in [0.15, 0.2) is 5.16 Å².